The number of rotatable bonds is 5. The van der Waals surface area contributed by atoms with Crippen molar-refractivity contribution < 1.29 is 0 Å². The molecule has 0 saturated carbocycles. The molecule has 4 nitrogen and oxygen atoms in total. The molecule has 1 aliphatic rings. The molecule has 7 aromatic carbocycles. The number of pyridine rings is 2. The molecular weight excluding hydrogens is 748 g/mol. The summed E-state index contributed by atoms with van der Waals surface area (Å²) in [6, 6.07) is 57.4. The summed E-state index contributed by atoms with van der Waals surface area (Å²) >= 11 is 10.3. The van der Waals surface area contributed by atoms with Crippen molar-refractivity contribution in [2.24, 2.45) is 0 Å². The summed E-state index contributed by atoms with van der Waals surface area (Å²) in [5, 5.41) is 6.38. The minimum atomic E-state index is 0.699. The lowest BCUT2D eigenvalue weighted by atomic mass is 9.93. The van der Waals surface area contributed by atoms with Crippen LogP contribution in [0.1, 0.15) is 0 Å². The molecule has 0 fully saturated rings. The van der Waals surface area contributed by atoms with Gasteiger partial charge in [0.1, 0.15) is 0 Å². The Morgan fingerprint density at radius 3 is 1.91 bits per heavy atom. The van der Waals surface area contributed by atoms with Crippen molar-refractivity contribution in [1.29, 1.82) is 0 Å². The monoisotopic (exact) mass is 776 g/mol. The average Bonchev–Trinajstić information content (AvgIpc) is 3.22. The summed E-state index contributed by atoms with van der Waals surface area (Å²) in [5.74, 6) is 0. The summed E-state index contributed by atoms with van der Waals surface area (Å²) in [6.07, 6.45) is 3.81. The highest BCUT2D eigenvalue weighted by molar-refractivity contribution is 9.10. The van der Waals surface area contributed by atoms with Crippen LogP contribution in [0.4, 0.5) is 28.4 Å². The van der Waals surface area contributed by atoms with Crippen LogP contribution in [0.3, 0.4) is 0 Å². The molecule has 0 spiro atoms. The summed E-state index contributed by atoms with van der Waals surface area (Å²) in [7, 11) is 0. The fourth-order valence-electron chi connectivity index (χ4n) is 7.57. The first-order chi connectivity index (χ1) is 26.6. The van der Waals surface area contributed by atoms with Gasteiger partial charge < -0.3 is 10.2 Å². The second-order valence-electron chi connectivity index (χ2n) is 13.5. The van der Waals surface area contributed by atoms with Crippen molar-refractivity contribution >= 4 is 77.8 Å². The smallest absolute Gasteiger partial charge is 0.0970 e. The number of hydrogen-bond acceptors (Lipinski definition) is 4. The highest BCUT2D eigenvalue weighted by Gasteiger charge is 2.23. The number of nitrogens with zero attached hydrogens (tertiary/aromatic N) is 3. The lowest BCUT2D eigenvalue weighted by molar-refractivity contribution is 1.25. The van der Waals surface area contributed by atoms with Gasteiger partial charge in [0.05, 0.1) is 33.8 Å². The Labute approximate surface area is 326 Å². The van der Waals surface area contributed by atoms with E-state index in [0.717, 1.165) is 99.2 Å². The number of nitrogens with one attached hydrogen (secondary N) is 1. The van der Waals surface area contributed by atoms with Gasteiger partial charge >= 0.3 is 0 Å². The van der Waals surface area contributed by atoms with Crippen molar-refractivity contribution in [3.8, 4) is 44.5 Å². The third-order valence-electron chi connectivity index (χ3n) is 10.1. The number of para-hydroxylation sites is 4. The van der Waals surface area contributed by atoms with Crippen molar-refractivity contribution in [3.05, 3.63) is 186 Å². The van der Waals surface area contributed by atoms with E-state index in [1.165, 1.54) is 0 Å². The van der Waals surface area contributed by atoms with Gasteiger partial charge in [0.2, 0.25) is 0 Å². The number of fused-ring (bicyclic) bond motifs is 5. The highest BCUT2D eigenvalue weighted by atomic mass is 79.9. The first-order valence-corrected chi connectivity index (χ1v) is 18.9. The van der Waals surface area contributed by atoms with E-state index in [-0.39, 0.29) is 0 Å². The van der Waals surface area contributed by atoms with E-state index in [0.29, 0.717) is 5.02 Å². The van der Waals surface area contributed by atoms with Crippen LogP contribution in [-0.4, -0.2) is 9.97 Å². The van der Waals surface area contributed by atoms with Crippen LogP contribution in [0.5, 0.6) is 0 Å². The lowest BCUT2D eigenvalue weighted by Gasteiger charge is -2.34. The summed E-state index contributed by atoms with van der Waals surface area (Å²) in [5.41, 5.74) is 15.9. The summed E-state index contributed by atoms with van der Waals surface area (Å²) in [6.45, 7) is 0. The highest BCUT2D eigenvalue weighted by Crippen LogP contribution is 2.48. The second-order valence-corrected chi connectivity index (χ2v) is 14.8. The SMILES string of the molecule is Clc1cc(-c2ccc(Br)cc2)cc(-c2cccc(-c3cc4cc(-c5ccc(N6c7ccccc7Nc7ccccc76)cc5)cnc4c4ncccc34)c2)c1. The maximum Gasteiger partial charge on any atom is 0.0970 e. The normalized spacial score (nSPS) is 12.0. The van der Waals surface area contributed by atoms with Crippen molar-refractivity contribution in [1.82, 2.24) is 9.97 Å². The van der Waals surface area contributed by atoms with Gasteiger partial charge in [-0.2, -0.15) is 0 Å². The molecule has 1 aliphatic heterocycles. The van der Waals surface area contributed by atoms with E-state index in [4.69, 9.17) is 21.6 Å². The molecule has 54 heavy (non-hydrogen) atoms. The Balaban J connectivity index is 1.04. The molecule has 6 heteroatoms. The van der Waals surface area contributed by atoms with Crippen LogP contribution in [0.25, 0.3) is 66.3 Å². The molecule has 9 aromatic rings. The van der Waals surface area contributed by atoms with Crippen LogP contribution in [0, 0.1) is 0 Å². The molecule has 0 radical (unpaired) electrons. The minimum Gasteiger partial charge on any atom is -0.352 e. The molecule has 0 amide bonds. The average molecular weight is 778 g/mol. The fraction of sp³-hybridized carbons (Fsp3) is 0. The molecular formula is C48H30BrClN4. The largest absolute Gasteiger partial charge is 0.352 e. The maximum atomic E-state index is 6.71. The van der Waals surface area contributed by atoms with Gasteiger partial charge in [-0.1, -0.05) is 100 Å². The van der Waals surface area contributed by atoms with E-state index in [2.05, 4.69) is 172 Å². The quantitative estimate of drug-likeness (QED) is 0.177. The zero-order valence-corrected chi connectivity index (χ0v) is 31.2. The van der Waals surface area contributed by atoms with Crippen LogP contribution in [0.2, 0.25) is 5.02 Å². The lowest BCUT2D eigenvalue weighted by Crippen LogP contribution is -2.17. The van der Waals surface area contributed by atoms with E-state index in [1.807, 2.05) is 30.6 Å². The Morgan fingerprint density at radius 1 is 0.500 bits per heavy atom. The van der Waals surface area contributed by atoms with Gasteiger partial charge in [0.15, 0.2) is 0 Å². The Morgan fingerprint density at radius 2 is 1.15 bits per heavy atom. The van der Waals surface area contributed by atoms with Crippen LogP contribution >= 0.6 is 27.5 Å². The number of anilines is 5. The molecule has 0 atom stereocenters. The molecule has 0 aliphatic carbocycles. The standard InChI is InChI=1S/C48H30BrClN4/c49-38-18-14-30(15-19-38)34-24-35(27-39(50)26-34)32-7-5-8-33(23-32)42-28-36-25-37(29-52-47(36)48-41(42)9-6-22-51-48)31-16-20-40(21-17-31)54-45-12-3-1-10-43(45)53-44-11-2-4-13-46(44)54/h1-29,53H. The van der Waals surface area contributed by atoms with Gasteiger partial charge in [-0.05, 0) is 130 Å². The number of hydrogen-bond donors (Lipinski definition) is 1. The fourth-order valence-corrected chi connectivity index (χ4v) is 8.07. The molecule has 2 aromatic heterocycles. The zero-order valence-electron chi connectivity index (χ0n) is 28.8. The Hall–Kier alpha value is -6.27. The van der Waals surface area contributed by atoms with Crippen LogP contribution in [-0.2, 0) is 0 Å². The van der Waals surface area contributed by atoms with Gasteiger partial charge in [0.25, 0.3) is 0 Å². The third kappa shape index (κ3) is 5.79. The van der Waals surface area contributed by atoms with Gasteiger partial charge in [-0.3, -0.25) is 9.97 Å². The van der Waals surface area contributed by atoms with Gasteiger partial charge in [-0.15, -0.1) is 0 Å². The molecule has 256 valence electrons. The second kappa shape index (κ2) is 13.3. The first kappa shape index (κ1) is 32.4. The predicted octanol–water partition coefficient (Wildman–Crippen LogP) is 14.4. The van der Waals surface area contributed by atoms with Crippen LogP contribution in [0.15, 0.2) is 181 Å². The third-order valence-corrected chi connectivity index (χ3v) is 10.9. The van der Waals surface area contributed by atoms with E-state index in [9.17, 15) is 0 Å². The zero-order chi connectivity index (χ0) is 36.2. The molecule has 10 rings (SSSR count). The number of benzene rings is 7. The van der Waals surface area contributed by atoms with Crippen molar-refractivity contribution in [3.63, 3.8) is 0 Å². The molecule has 1 N–H and O–H groups in total. The molecule has 0 saturated heterocycles. The van der Waals surface area contributed by atoms with E-state index >= 15 is 0 Å². The van der Waals surface area contributed by atoms with Crippen molar-refractivity contribution in [2.75, 3.05) is 10.2 Å². The van der Waals surface area contributed by atoms with Crippen LogP contribution < -0.4 is 10.2 Å². The molecule has 0 bridgehead atoms. The Kier molecular flexibility index (Phi) is 7.97. The predicted molar refractivity (Wildman–Crippen MR) is 229 cm³/mol. The summed E-state index contributed by atoms with van der Waals surface area (Å²) in [4.78, 5) is 12.2. The van der Waals surface area contributed by atoms with E-state index in [1.54, 1.807) is 0 Å². The Bertz CT molecular complexity index is 2840. The topological polar surface area (TPSA) is 41.0 Å². The summed E-state index contributed by atoms with van der Waals surface area (Å²) < 4.78 is 1.04. The minimum absolute atomic E-state index is 0.699. The van der Waals surface area contributed by atoms with Gasteiger partial charge in [-0.25, -0.2) is 0 Å². The maximum absolute atomic E-state index is 6.71. The van der Waals surface area contributed by atoms with Gasteiger partial charge in [0, 0.05) is 43.9 Å². The number of halogens is 2. The molecule has 0 unspecified atom stereocenters. The van der Waals surface area contributed by atoms with E-state index < -0.39 is 0 Å². The first-order valence-electron chi connectivity index (χ1n) is 17.8. The van der Waals surface area contributed by atoms with Crippen molar-refractivity contribution in [2.45, 2.75) is 0 Å². The molecule has 3 heterocycles. The number of aromatic nitrogens is 2.